The van der Waals surface area contributed by atoms with Crippen molar-refractivity contribution in [2.24, 2.45) is 0 Å². The van der Waals surface area contributed by atoms with Gasteiger partial charge in [-0.1, -0.05) is 18.6 Å². The second kappa shape index (κ2) is 6.55. The van der Waals surface area contributed by atoms with Gasteiger partial charge < -0.3 is 4.74 Å². The molecule has 0 spiro atoms. The van der Waals surface area contributed by atoms with Crippen LogP contribution in [0.1, 0.15) is 36.5 Å². The monoisotopic (exact) mass is 321 g/mol. The molecule has 2 saturated heterocycles. The van der Waals surface area contributed by atoms with E-state index in [1.807, 2.05) is 0 Å². The molecule has 6 heteroatoms. The van der Waals surface area contributed by atoms with Gasteiger partial charge in [0.05, 0.1) is 18.3 Å². The summed E-state index contributed by atoms with van der Waals surface area (Å²) in [4.78, 5) is 2.36. The molecule has 0 aromatic heterocycles. The fourth-order valence-electron chi connectivity index (χ4n) is 3.10. The Labute approximate surface area is 128 Å². The number of fused-ring (bicyclic) bond motifs is 1. The number of nitrogens with zero attached hydrogens (tertiary/aromatic N) is 1. The zero-order valence-corrected chi connectivity index (χ0v) is 12.4. The highest BCUT2D eigenvalue weighted by Crippen LogP contribution is 2.34. The molecule has 0 saturated carbocycles. The summed E-state index contributed by atoms with van der Waals surface area (Å²) in [5, 5.41) is 0. The van der Waals surface area contributed by atoms with E-state index in [9.17, 15) is 13.2 Å². The van der Waals surface area contributed by atoms with Crippen molar-refractivity contribution < 1.29 is 17.9 Å². The third-order valence-electron chi connectivity index (χ3n) is 4.22. The maximum Gasteiger partial charge on any atom is 0.416 e. The van der Waals surface area contributed by atoms with Gasteiger partial charge in [0.15, 0.2) is 0 Å². The van der Waals surface area contributed by atoms with Crippen LogP contribution in [-0.2, 0) is 10.9 Å². The molecule has 2 atom stereocenters. The van der Waals surface area contributed by atoms with Crippen molar-refractivity contribution in [2.75, 3.05) is 19.7 Å². The predicted octanol–water partition coefficient (Wildman–Crippen LogP) is 4.05. The summed E-state index contributed by atoms with van der Waals surface area (Å²) in [5.74, 6) is 0. The second-order valence-corrected chi connectivity index (χ2v) is 5.59. The first-order valence-corrected chi connectivity index (χ1v) is 7.07. The van der Waals surface area contributed by atoms with Gasteiger partial charge in [0, 0.05) is 12.6 Å². The van der Waals surface area contributed by atoms with E-state index in [0.29, 0.717) is 24.8 Å². The van der Waals surface area contributed by atoms with Gasteiger partial charge in [0.2, 0.25) is 0 Å². The molecule has 2 fully saturated rings. The number of ether oxygens (including phenoxy) is 1. The van der Waals surface area contributed by atoms with Gasteiger partial charge in [0.25, 0.3) is 0 Å². The van der Waals surface area contributed by atoms with Crippen molar-refractivity contribution in [3.05, 3.63) is 35.4 Å². The van der Waals surface area contributed by atoms with Crippen LogP contribution in [0.3, 0.4) is 0 Å². The van der Waals surface area contributed by atoms with E-state index in [4.69, 9.17) is 4.74 Å². The van der Waals surface area contributed by atoms with E-state index in [0.717, 1.165) is 19.0 Å². The lowest BCUT2D eigenvalue weighted by Crippen LogP contribution is -2.49. The number of benzene rings is 1. The highest BCUT2D eigenvalue weighted by atomic mass is 35.5. The highest BCUT2D eigenvalue weighted by molar-refractivity contribution is 5.85. The van der Waals surface area contributed by atoms with Gasteiger partial charge in [-0.15, -0.1) is 12.4 Å². The van der Waals surface area contributed by atoms with Crippen LogP contribution in [0.2, 0.25) is 0 Å². The normalized spacial score (nSPS) is 26.8. The summed E-state index contributed by atoms with van der Waals surface area (Å²) in [5.41, 5.74) is 0.0308. The molecule has 2 unspecified atom stereocenters. The van der Waals surface area contributed by atoms with Gasteiger partial charge in [-0.2, -0.15) is 13.2 Å². The van der Waals surface area contributed by atoms with Crippen molar-refractivity contribution in [3.63, 3.8) is 0 Å². The average molecular weight is 322 g/mol. The van der Waals surface area contributed by atoms with Crippen LogP contribution < -0.4 is 0 Å². The summed E-state index contributed by atoms with van der Waals surface area (Å²) < 4.78 is 44.0. The van der Waals surface area contributed by atoms with Crippen LogP contribution in [0.5, 0.6) is 0 Å². The standard InChI is InChI=1S/C15H18F3NO.ClH/c16-15(17,18)12-5-3-4-11(8-12)14-9-19-7-2-1-6-13(19)10-20-14;/h3-5,8,13-14H,1-2,6-7,9-10H2;1H. The Bertz CT molecular complexity index is 480. The molecule has 0 bridgehead atoms. The molecule has 2 aliphatic rings. The molecular weight excluding hydrogens is 303 g/mol. The molecule has 0 radical (unpaired) electrons. The smallest absolute Gasteiger partial charge is 0.371 e. The number of halogens is 4. The van der Waals surface area contributed by atoms with Gasteiger partial charge >= 0.3 is 6.18 Å². The summed E-state index contributed by atoms with van der Waals surface area (Å²) in [6.45, 7) is 2.36. The summed E-state index contributed by atoms with van der Waals surface area (Å²) in [6, 6.07) is 5.96. The molecule has 2 aliphatic heterocycles. The maximum absolute atomic E-state index is 12.8. The molecule has 2 nitrogen and oxygen atoms in total. The Kier molecular flexibility index (Phi) is 5.17. The number of hydrogen-bond acceptors (Lipinski definition) is 2. The van der Waals surface area contributed by atoms with Crippen LogP contribution >= 0.6 is 12.4 Å². The molecule has 3 rings (SSSR count). The minimum Gasteiger partial charge on any atom is -0.371 e. The number of rotatable bonds is 1. The highest BCUT2D eigenvalue weighted by Gasteiger charge is 2.34. The van der Waals surface area contributed by atoms with Crippen molar-refractivity contribution in [1.82, 2.24) is 4.90 Å². The maximum atomic E-state index is 12.8. The molecule has 1 aromatic rings. The van der Waals surface area contributed by atoms with E-state index >= 15 is 0 Å². The Hall–Kier alpha value is -0.780. The molecule has 0 amide bonds. The number of piperidine rings is 1. The first-order chi connectivity index (χ1) is 9.54. The molecule has 0 aliphatic carbocycles. The van der Waals surface area contributed by atoms with Crippen LogP contribution in [0, 0.1) is 0 Å². The topological polar surface area (TPSA) is 12.5 Å². The Morgan fingerprint density at radius 3 is 2.76 bits per heavy atom. The van der Waals surface area contributed by atoms with Gasteiger partial charge in [0.1, 0.15) is 0 Å². The number of morpholine rings is 1. The lowest BCUT2D eigenvalue weighted by atomic mass is 9.98. The molecule has 21 heavy (non-hydrogen) atoms. The van der Waals surface area contributed by atoms with E-state index in [1.165, 1.54) is 25.0 Å². The van der Waals surface area contributed by atoms with E-state index in [1.54, 1.807) is 6.07 Å². The lowest BCUT2D eigenvalue weighted by molar-refractivity contribution is -0.137. The van der Waals surface area contributed by atoms with Crippen LogP contribution in [0.15, 0.2) is 24.3 Å². The first kappa shape index (κ1) is 16.6. The van der Waals surface area contributed by atoms with Gasteiger partial charge in [-0.25, -0.2) is 0 Å². The van der Waals surface area contributed by atoms with E-state index in [-0.39, 0.29) is 18.5 Å². The zero-order chi connectivity index (χ0) is 14.2. The third-order valence-corrected chi connectivity index (χ3v) is 4.22. The SMILES string of the molecule is Cl.FC(F)(F)c1cccc(C2CN3CCCCC3CO2)c1. The van der Waals surface area contributed by atoms with E-state index in [2.05, 4.69) is 4.90 Å². The third kappa shape index (κ3) is 3.71. The largest absolute Gasteiger partial charge is 0.416 e. The second-order valence-electron chi connectivity index (χ2n) is 5.59. The molecule has 1 aromatic carbocycles. The van der Waals surface area contributed by atoms with Gasteiger partial charge in [-0.05, 0) is 37.1 Å². The van der Waals surface area contributed by atoms with Crippen molar-refractivity contribution in [1.29, 1.82) is 0 Å². The van der Waals surface area contributed by atoms with E-state index < -0.39 is 11.7 Å². The Morgan fingerprint density at radius 2 is 2.00 bits per heavy atom. The molecule has 2 heterocycles. The lowest BCUT2D eigenvalue weighted by Gasteiger charge is -2.42. The number of hydrogen-bond donors (Lipinski definition) is 0. The van der Waals surface area contributed by atoms with Crippen LogP contribution in [-0.4, -0.2) is 30.6 Å². The number of alkyl halides is 3. The van der Waals surface area contributed by atoms with Gasteiger partial charge in [-0.3, -0.25) is 4.90 Å². The Balaban J connectivity index is 0.00000161. The average Bonchev–Trinajstić information content (AvgIpc) is 2.46. The van der Waals surface area contributed by atoms with Crippen molar-refractivity contribution >= 4 is 12.4 Å². The fraction of sp³-hybridized carbons (Fsp3) is 0.600. The fourth-order valence-corrected chi connectivity index (χ4v) is 3.10. The summed E-state index contributed by atoms with van der Waals surface area (Å²) >= 11 is 0. The first-order valence-electron chi connectivity index (χ1n) is 7.07. The molecular formula is C15H19ClF3NO. The zero-order valence-electron chi connectivity index (χ0n) is 11.6. The van der Waals surface area contributed by atoms with Crippen molar-refractivity contribution in [3.8, 4) is 0 Å². The van der Waals surface area contributed by atoms with Crippen LogP contribution in [0.25, 0.3) is 0 Å². The van der Waals surface area contributed by atoms with Crippen LogP contribution in [0.4, 0.5) is 13.2 Å². The minimum absolute atomic E-state index is 0. The summed E-state index contributed by atoms with van der Waals surface area (Å²) in [7, 11) is 0. The molecule has 118 valence electrons. The Morgan fingerprint density at radius 1 is 1.19 bits per heavy atom. The quantitative estimate of drug-likeness (QED) is 0.773. The summed E-state index contributed by atoms with van der Waals surface area (Å²) in [6.07, 6.45) is -1.01. The minimum atomic E-state index is -4.29. The predicted molar refractivity (Wildman–Crippen MR) is 76.6 cm³/mol. The van der Waals surface area contributed by atoms with Crippen molar-refractivity contribution in [2.45, 2.75) is 37.6 Å². The molecule has 0 N–H and O–H groups in total.